The van der Waals surface area contributed by atoms with E-state index in [1.54, 1.807) is 0 Å². The van der Waals surface area contributed by atoms with Gasteiger partial charge in [-0.2, -0.15) is 0 Å². The molecule has 0 aromatic carbocycles. The first kappa shape index (κ1) is 18.4. The van der Waals surface area contributed by atoms with Crippen molar-refractivity contribution in [1.29, 1.82) is 0 Å². The normalized spacial score (nSPS) is 16.0. The highest BCUT2D eigenvalue weighted by atomic mass is 16.6. The van der Waals surface area contributed by atoms with Gasteiger partial charge in [0.2, 0.25) is 0 Å². The third-order valence-corrected chi connectivity index (χ3v) is 3.18. The smallest absolute Gasteiger partial charge is 0.305 e. The molecule has 21 heavy (non-hydrogen) atoms. The standard InChI is InChI=1S/C15H29NO5/c1-2-3-15(17)21-13-11-19-9-8-18-10-12-20-14-4-6-16-7-5-14/h14,16H,2-13H2,1H3. The number of carbonyl (C=O) groups is 1. The molecular formula is C15H29NO5. The molecule has 1 rings (SSSR count). The second kappa shape index (κ2) is 13.0. The molecule has 6 nitrogen and oxygen atoms in total. The molecule has 124 valence electrons. The summed E-state index contributed by atoms with van der Waals surface area (Å²) < 4.78 is 21.4. The predicted octanol–water partition coefficient (Wildman–Crippen LogP) is 1.13. The van der Waals surface area contributed by atoms with Crippen molar-refractivity contribution in [3.05, 3.63) is 0 Å². The number of hydrogen-bond acceptors (Lipinski definition) is 6. The minimum absolute atomic E-state index is 0.160. The van der Waals surface area contributed by atoms with Crippen LogP contribution < -0.4 is 5.32 Å². The zero-order valence-corrected chi connectivity index (χ0v) is 13.1. The minimum atomic E-state index is -0.160. The number of piperidine rings is 1. The largest absolute Gasteiger partial charge is 0.463 e. The van der Waals surface area contributed by atoms with E-state index in [1.807, 2.05) is 6.92 Å². The van der Waals surface area contributed by atoms with Crippen molar-refractivity contribution in [3.63, 3.8) is 0 Å². The van der Waals surface area contributed by atoms with E-state index < -0.39 is 0 Å². The third kappa shape index (κ3) is 10.6. The van der Waals surface area contributed by atoms with Crippen LogP contribution in [0.2, 0.25) is 0 Å². The Hall–Kier alpha value is -0.690. The highest BCUT2D eigenvalue weighted by Gasteiger charge is 2.12. The van der Waals surface area contributed by atoms with Gasteiger partial charge in [-0.05, 0) is 32.4 Å². The molecule has 0 radical (unpaired) electrons. The van der Waals surface area contributed by atoms with Gasteiger partial charge in [-0.15, -0.1) is 0 Å². The zero-order chi connectivity index (χ0) is 15.2. The van der Waals surface area contributed by atoms with Crippen molar-refractivity contribution in [2.75, 3.05) is 52.7 Å². The molecule has 0 aromatic heterocycles. The molecule has 6 heteroatoms. The first-order valence-electron chi connectivity index (χ1n) is 7.96. The van der Waals surface area contributed by atoms with E-state index in [0.29, 0.717) is 52.2 Å². The molecule has 1 aliphatic heterocycles. The summed E-state index contributed by atoms with van der Waals surface area (Å²) in [5, 5.41) is 3.30. The minimum Gasteiger partial charge on any atom is -0.463 e. The van der Waals surface area contributed by atoms with Gasteiger partial charge in [0.05, 0.1) is 39.1 Å². The van der Waals surface area contributed by atoms with Crippen LogP contribution in [-0.4, -0.2) is 64.8 Å². The van der Waals surface area contributed by atoms with Gasteiger partial charge in [-0.25, -0.2) is 0 Å². The zero-order valence-electron chi connectivity index (χ0n) is 13.1. The van der Waals surface area contributed by atoms with Crippen molar-refractivity contribution in [3.8, 4) is 0 Å². The fourth-order valence-corrected chi connectivity index (χ4v) is 2.05. The molecule has 0 spiro atoms. The number of esters is 1. The van der Waals surface area contributed by atoms with Gasteiger partial charge in [0.15, 0.2) is 0 Å². The van der Waals surface area contributed by atoms with Crippen molar-refractivity contribution < 1.29 is 23.7 Å². The average molecular weight is 303 g/mol. The van der Waals surface area contributed by atoms with E-state index in [9.17, 15) is 4.79 Å². The number of hydrogen-bond donors (Lipinski definition) is 1. The number of ether oxygens (including phenoxy) is 4. The Kier molecular flexibility index (Phi) is 11.4. The monoisotopic (exact) mass is 303 g/mol. The van der Waals surface area contributed by atoms with Crippen LogP contribution in [0.5, 0.6) is 0 Å². The Labute approximate surface area is 127 Å². The van der Waals surface area contributed by atoms with Crippen molar-refractivity contribution in [2.24, 2.45) is 0 Å². The maximum atomic E-state index is 11.1. The molecular weight excluding hydrogens is 274 g/mol. The molecule has 1 N–H and O–H groups in total. The van der Waals surface area contributed by atoms with Gasteiger partial charge in [-0.3, -0.25) is 4.79 Å². The summed E-state index contributed by atoms with van der Waals surface area (Å²) in [4.78, 5) is 11.1. The van der Waals surface area contributed by atoms with Gasteiger partial charge in [0, 0.05) is 6.42 Å². The summed E-state index contributed by atoms with van der Waals surface area (Å²) in [6.45, 7) is 7.06. The topological polar surface area (TPSA) is 66.0 Å². The number of carbonyl (C=O) groups excluding carboxylic acids is 1. The maximum absolute atomic E-state index is 11.1. The lowest BCUT2D eigenvalue weighted by Gasteiger charge is -2.22. The summed E-state index contributed by atoms with van der Waals surface area (Å²) in [6, 6.07) is 0. The molecule has 1 heterocycles. The third-order valence-electron chi connectivity index (χ3n) is 3.18. The van der Waals surface area contributed by atoms with E-state index in [4.69, 9.17) is 18.9 Å². The summed E-state index contributed by atoms with van der Waals surface area (Å²) in [6.07, 6.45) is 3.83. The highest BCUT2D eigenvalue weighted by molar-refractivity contribution is 5.69. The average Bonchev–Trinajstić information content (AvgIpc) is 2.50. The van der Waals surface area contributed by atoms with E-state index in [1.165, 1.54) is 0 Å². The van der Waals surface area contributed by atoms with E-state index in [-0.39, 0.29) is 5.97 Å². The first-order chi connectivity index (χ1) is 10.3. The number of rotatable bonds is 12. The number of nitrogens with one attached hydrogen (secondary N) is 1. The summed E-state index contributed by atoms with van der Waals surface area (Å²) in [5.74, 6) is -0.160. The molecule has 0 aliphatic carbocycles. The Morgan fingerprint density at radius 1 is 1.00 bits per heavy atom. The molecule has 1 saturated heterocycles. The quantitative estimate of drug-likeness (QED) is 0.431. The van der Waals surface area contributed by atoms with Crippen LogP contribution in [0.1, 0.15) is 32.6 Å². The Morgan fingerprint density at radius 2 is 1.62 bits per heavy atom. The second-order valence-electron chi connectivity index (χ2n) is 5.02. The molecule has 1 aliphatic rings. The summed E-state index contributed by atoms with van der Waals surface area (Å²) in [7, 11) is 0. The fraction of sp³-hybridized carbons (Fsp3) is 0.933. The molecule has 0 unspecified atom stereocenters. The van der Waals surface area contributed by atoms with Crippen molar-refractivity contribution in [2.45, 2.75) is 38.7 Å². The van der Waals surface area contributed by atoms with Gasteiger partial charge in [0.25, 0.3) is 0 Å². The Balaban J connectivity index is 1.75. The van der Waals surface area contributed by atoms with Crippen LogP contribution >= 0.6 is 0 Å². The molecule has 0 amide bonds. The van der Waals surface area contributed by atoms with Crippen LogP contribution in [0, 0.1) is 0 Å². The van der Waals surface area contributed by atoms with Crippen LogP contribution in [0.4, 0.5) is 0 Å². The molecule has 1 fully saturated rings. The van der Waals surface area contributed by atoms with Crippen LogP contribution in [0.15, 0.2) is 0 Å². The van der Waals surface area contributed by atoms with Crippen LogP contribution in [0.25, 0.3) is 0 Å². The lowest BCUT2D eigenvalue weighted by Crippen LogP contribution is -2.33. The van der Waals surface area contributed by atoms with Crippen molar-refractivity contribution >= 4 is 5.97 Å². The molecule has 0 aromatic rings. The Bertz CT molecular complexity index is 256. The molecule has 0 saturated carbocycles. The molecule has 0 atom stereocenters. The maximum Gasteiger partial charge on any atom is 0.305 e. The SMILES string of the molecule is CCCC(=O)OCCOCCOCCOC1CCNCC1. The highest BCUT2D eigenvalue weighted by Crippen LogP contribution is 2.06. The lowest BCUT2D eigenvalue weighted by atomic mass is 10.1. The van der Waals surface area contributed by atoms with E-state index in [0.717, 1.165) is 32.4 Å². The fourth-order valence-electron chi connectivity index (χ4n) is 2.05. The van der Waals surface area contributed by atoms with E-state index >= 15 is 0 Å². The second-order valence-corrected chi connectivity index (χ2v) is 5.02. The summed E-state index contributed by atoms with van der Waals surface area (Å²) >= 11 is 0. The molecule has 0 bridgehead atoms. The van der Waals surface area contributed by atoms with Gasteiger partial charge in [0.1, 0.15) is 6.61 Å². The van der Waals surface area contributed by atoms with E-state index in [2.05, 4.69) is 5.32 Å². The first-order valence-corrected chi connectivity index (χ1v) is 7.96. The van der Waals surface area contributed by atoms with Gasteiger partial charge < -0.3 is 24.3 Å². The van der Waals surface area contributed by atoms with Crippen molar-refractivity contribution in [1.82, 2.24) is 5.32 Å². The van der Waals surface area contributed by atoms with Crippen LogP contribution in [0.3, 0.4) is 0 Å². The van der Waals surface area contributed by atoms with Gasteiger partial charge in [-0.1, -0.05) is 6.92 Å². The predicted molar refractivity (Wildman–Crippen MR) is 79.3 cm³/mol. The van der Waals surface area contributed by atoms with Crippen LogP contribution in [-0.2, 0) is 23.7 Å². The Morgan fingerprint density at radius 3 is 2.29 bits per heavy atom. The summed E-state index contributed by atoms with van der Waals surface area (Å²) in [5.41, 5.74) is 0. The van der Waals surface area contributed by atoms with Gasteiger partial charge >= 0.3 is 5.97 Å². The lowest BCUT2D eigenvalue weighted by molar-refractivity contribution is -0.145.